The largest absolute Gasteiger partial charge is 0.504 e. The molecule has 0 atom stereocenters. The molecule has 2 nitrogen and oxygen atoms in total. The Bertz CT molecular complexity index is 359. The van der Waals surface area contributed by atoms with Gasteiger partial charge in [0.05, 0.1) is 0 Å². The van der Waals surface area contributed by atoms with Crippen molar-refractivity contribution in [2.45, 2.75) is 0 Å². The van der Waals surface area contributed by atoms with Gasteiger partial charge in [-0.15, -0.1) is 0 Å². The maximum Gasteiger partial charge on any atom is 0.168 e. The van der Waals surface area contributed by atoms with E-state index in [9.17, 15) is 13.6 Å². The highest BCUT2D eigenvalue weighted by atomic mass is 19.1. The zero-order valence-electron chi connectivity index (χ0n) is 6.50. The average molecular weight is 184 g/mol. The number of halogens is 2. The summed E-state index contributed by atoms with van der Waals surface area (Å²) in [6.45, 7) is 0. The van der Waals surface area contributed by atoms with Crippen molar-refractivity contribution in [3.05, 3.63) is 35.4 Å². The van der Waals surface area contributed by atoms with Gasteiger partial charge in [0, 0.05) is 11.6 Å². The first-order valence-electron chi connectivity index (χ1n) is 3.45. The van der Waals surface area contributed by atoms with Crippen molar-refractivity contribution in [2.24, 2.45) is 0 Å². The number of allylic oxidation sites excluding steroid dienone is 1. The van der Waals surface area contributed by atoms with Gasteiger partial charge in [0.25, 0.3) is 0 Å². The van der Waals surface area contributed by atoms with Gasteiger partial charge >= 0.3 is 0 Å². The smallest absolute Gasteiger partial charge is 0.168 e. The van der Waals surface area contributed by atoms with E-state index < -0.39 is 17.4 Å². The molecule has 0 spiro atoms. The van der Waals surface area contributed by atoms with E-state index in [0.29, 0.717) is 12.4 Å². The highest BCUT2D eigenvalue weighted by Gasteiger charge is 2.06. The van der Waals surface area contributed by atoms with Crippen molar-refractivity contribution in [3.8, 4) is 5.75 Å². The highest BCUT2D eigenvalue weighted by molar-refractivity contribution is 5.75. The lowest BCUT2D eigenvalue weighted by Crippen LogP contribution is -1.84. The van der Waals surface area contributed by atoms with Crippen molar-refractivity contribution in [1.82, 2.24) is 0 Å². The number of benzene rings is 1. The fourth-order valence-electron chi connectivity index (χ4n) is 0.856. The van der Waals surface area contributed by atoms with Gasteiger partial charge in [0.15, 0.2) is 11.6 Å². The van der Waals surface area contributed by atoms with E-state index in [-0.39, 0.29) is 5.56 Å². The zero-order chi connectivity index (χ0) is 9.84. The molecule has 4 heteroatoms. The van der Waals surface area contributed by atoms with Crippen LogP contribution in [0.3, 0.4) is 0 Å². The van der Waals surface area contributed by atoms with Crippen molar-refractivity contribution in [2.75, 3.05) is 0 Å². The van der Waals surface area contributed by atoms with Crippen molar-refractivity contribution < 1.29 is 18.7 Å². The van der Waals surface area contributed by atoms with Crippen LogP contribution >= 0.6 is 0 Å². The molecule has 0 aliphatic carbocycles. The second-order valence-electron chi connectivity index (χ2n) is 2.32. The molecular weight excluding hydrogens is 178 g/mol. The fourth-order valence-corrected chi connectivity index (χ4v) is 0.856. The Morgan fingerprint density at radius 1 is 1.31 bits per heavy atom. The quantitative estimate of drug-likeness (QED) is 0.562. The minimum atomic E-state index is -1.05. The number of phenols is 1. The van der Waals surface area contributed by atoms with Gasteiger partial charge in [-0.1, -0.05) is 0 Å². The lowest BCUT2D eigenvalue weighted by molar-refractivity contribution is -0.104. The normalized spacial score (nSPS) is 10.6. The summed E-state index contributed by atoms with van der Waals surface area (Å²) in [4.78, 5) is 9.90. The van der Waals surface area contributed by atoms with Gasteiger partial charge in [-0.3, -0.25) is 4.79 Å². The molecule has 1 aromatic carbocycles. The summed E-state index contributed by atoms with van der Waals surface area (Å²) in [7, 11) is 0. The van der Waals surface area contributed by atoms with E-state index in [1.165, 1.54) is 0 Å². The molecule has 1 N–H and O–H groups in total. The van der Waals surface area contributed by atoms with E-state index in [0.717, 1.165) is 18.2 Å². The van der Waals surface area contributed by atoms with Crippen LogP contribution in [0.1, 0.15) is 5.56 Å². The van der Waals surface area contributed by atoms with Crippen LogP contribution in [0.25, 0.3) is 6.08 Å². The summed E-state index contributed by atoms with van der Waals surface area (Å²) in [5.41, 5.74) is -0.0652. The van der Waals surface area contributed by atoms with Gasteiger partial charge in [0.1, 0.15) is 12.1 Å². The summed E-state index contributed by atoms with van der Waals surface area (Å²) in [5.74, 6) is -2.52. The Balaban J connectivity index is 3.19. The summed E-state index contributed by atoms with van der Waals surface area (Å²) in [6.07, 6.45) is 2.60. The highest BCUT2D eigenvalue weighted by Crippen LogP contribution is 2.23. The Morgan fingerprint density at radius 2 is 2.00 bits per heavy atom. The number of rotatable bonds is 2. The summed E-state index contributed by atoms with van der Waals surface area (Å²) < 4.78 is 25.2. The molecule has 13 heavy (non-hydrogen) atoms. The van der Waals surface area contributed by atoms with E-state index in [1.807, 2.05) is 0 Å². The maximum absolute atomic E-state index is 12.7. The molecule has 0 aliphatic heterocycles. The van der Waals surface area contributed by atoms with E-state index in [4.69, 9.17) is 5.11 Å². The second-order valence-corrected chi connectivity index (χ2v) is 2.32. The second kappa shape index (κ2) is 3.80. The average Bonchev–Trinajstić information content (AvgIpc) is 2.09. The predicted octanol–water partition coefficient (Wildman–Crippen LogP) is 1.88. The standard InChI is InChI=1S/C9H6F2O2/c10-7-4-6(2-1-3-12)9(13)8(11)5-7/h1-5,13H/b2-1+. The lowest BCUT2D eigenvalue weighted by atomic mass is 10.2. The number of carbonyl (C=O) groups is 1. The predicted molar refractivity (Wildman–Crippen MR) is 43.1 cm³/mol. The van der Waals surface area contributed by atoms with Crippen LogP contribution in [-0.4, -0.2) is 11.4 Å². The third-order valence-corrected chi connectivity index (χ3v) is 1.41. The molecule has 0 saturated heterocycles. The SMILES string of the molecule is O=C/C=C/c1cc(F)cc(F)c1O. The third kappa shape index (κ3) is 2.11. The fraction of sp³-hybridized carbons (Fsp3) is 0. The van der Waals surface area contributed by atoms with E-state index >= 15 is 0 Å². The summed E-state index contributed by atoms with van der Waals surface area (Å²) in [5, 5.41) is 9.04. The van der Waals surface area contributed by atoms with Crippen LogP contribution < -0.4 is 0 Å². The molecule has 0 saturated carbocycles. The molecule has 1 aromatic rings. The zero-order valence-corrected chi connectivity index (χ0v) is 6.50. The molecule has 0 unspecified atom stereocenters. The molecule has 1 rings (SSSR count). The van der Waals surface area contributed by atoms with Crippen molar-refractivity contribution in [3.63, 3.8) is 0 Å². The molecule has 0 fully saturated rings. The molecule has 0 bridgehead atoms. The first kappa shape index (κ1) is 9.38. The Labute approximate surface area is 73.1 Å². The molecule has 68 valence electrons. The Hall–Kier alpha value is -1.71. The van der Waals surface area contributed by atoms with Gasteiger partial charge < -0.3 is 5.11 Å². The molecule has 0 aromatic heterocycles. The van der Waals surface area contributed by atoms with Crippen LogP contribution in [-0.2, 0) is 4.79 Å². The molecule has 0 radical (unpaired) electrons. The first-order chi connectivity index (χ1) is 6.15. The van der Waals surface area contributed by atoms with Crippen LogP contribution in [0.4, 0.5) is 8.78 Å². The topological polar surface area (TPSA) is 37.3 Å². The first-order valence-corrected chi connectivity index (χ1v) is 3.45. The molecular formula is C9H6F2O2. The molecule has 0 amide bonds. The van der Waals surface area contributed by atoms with Crippen molar-refractivity contribution in [1.29, 1.82) is 0 Å². The van der Waals surface area contributed by atoms with Gasteiger partial charge in [-0.05, 0) is 18.2 Å². The minimum absolute atomic E-state index is 0.0652. The number of aldehydes is 1. The number of carbonyl (C=O) groups excluding carboxylic acids is 1. The van der Waals surface area contributed by atoms with Crippen LogP contribution in [0.2, 0.25) is 0 Å². The number of hydrogen-bond acceptors (Lipinski definition) is 2. The summed E-state index contributed by atoms with van der Waals surface area (Å²) in [6, 6.07) is 1.49. The maximum atomic E-state index is 12.7. The van der Waals surface area contributed by atoms with E-state index in [1.54, 1.807) is 0 Å². The Kier molecular flexibility index (Phi) is 2.74. The monoisotopic (exact) mass is 184 g/mol. The number of hydrogen-bond donors (Lipinski definition) is 1. The van der Waals surface area contributed by atoms with E-state index in [2.05, 4.69) is 0 Å². The molecule has 0 aliphatic rings. The van der Waals surface area contributed by atoms with Gasteiger partial charge in [-0.2, -0.15) is 0 Å². The Morgan fingerprint density at radius 3 is 2.62 bits per heavy atom. The lowest BCUT2D eigenvalue weighted by Gasteiger charge is -1.99. The van der Waals surface area contributed by atoms with Crippen LogP contribution in [0.5, 0.6) is 5.75 Å². The van der Waals surface area contributed by atoms with Crippen LogP contribution in [0, 0.1) is 11.6 Å². The minimum Gasteiger partial charge on any atom is -0.504 e. The number of phenolic OH excluding ortho intramolecular Hbond substituents is 1. The van der Waals surface area contributed by atoms with Crippen molar-refractivity contribution >= 4 is 12.4 Å². The summed E-state index contributed by atoms with van der Waals surface area (Å²) >= 11 is 0. The third-order valence-electron chi connectivity index (χ3n) is 1.41. The number of aromatic hydroxyl groups is 1. The van der Waals surface area contributed by atoms with Gasteiger partial charge in [-0.25, -0.2) is 8.78 Å². The van der Waals surface area contributed by atoms with Gasteiger partial charge in [0.2, 0.25) is 0 Å². The van der Waals surface area contributed by atoms with Crippen LogP contribution in [0.15, 0.2) is 18.2 Å². The molecule has 0 heterocycles.